The highest BCUT2D eigenvalue weighted by atomic mass is 32.1. The molecule has 22 heteroatoms. The third-order valence-corrected chi connectivity index (χ3v) is 8.38. The zero-order chi connectivity index (χ0) is 26.4. The van der Waals surface area contributed by atoms with Gasteiger partial charge in [0.2, 0.25) is 11.6 Å². The molecule has 0 saturated carbocycles. The molecule has 0 spiro atoms. The molecule has 1 aliphatic heterocycles. The van der Waals surface area contributed by atoms with E-state index in [2.05, 4.69) is 39.9 Å². The van der Waals surface area contributed by atoms with Crippen molar-refractivity contribution in [2.45, 2.75) is 31.0 Å². The third kappa shape index (κ3) is 6.21. The first-order chi connectivity index (χ1) is 16.0. The van der Waals surface area contributed by atoms with Crippen molar-refractivity contribution in [1.29, 1.82) is 0 Å². The summed E-state index contributed by atoms with van der Waals surface area (Å²) in [5.74, 6) is 4.30. The number of phosphoric ester groups is 1. The second-order valence-corrected chi connectivity index (χ2v) is 11.6. The first-order valence-electron chi connectivity index (χ1n) is 8.95. The fourth-order valence-electron chi connectivity index (χ4n) is 3.07. The van der Waals surface area contributed by atoms with E-state index in [1.165, 1.54) is 6.92 Å². The molecule has 2 aromatic rings. The first kappa shape index (κ1) is 28.0. The van der Waals surface area contributed by atoms with Crippen molar-refractivity contribution in [3.63, 3.8) is 0 Å². The number of halogens is 1. The minimum Gasteiger partial charge on any atom is -0.386 e. The van der Waals surface area contributed by atoms with E-state index in [1.54, 1.807) is 0 Å². The fraction of sp³-hybridized carbons (Fsp3) is 0.462. The highest BCUT2D eigenvalue weighted by molar-refractivity contribution is 7.71. The molecule has 0 amide bonds. The molecule has 1 saturated heterocycles. The summed E-state index contributed by atoms with van der Waals surface area (Å²) in [6, 6.07) is 0. The van der Waals surface area contributed by atoms with Crippen LogP contribution in [-0.4, -0.2) is 68.7 Å². The number of aliphatic hydroxyl groups is 1. The predicted octanol–water partition coefficient (Wildman–Crippen LogP) is 0.404. The second kappa shape index (κ2) is 9.69. The molecule has 0 radical (unpaired) electrons. The van der Waals surface area contributed by atoms with Crippen molar-refractivity contribution in [2.75, 3.05) is 12.3 Å². The number of nitrogens with one attached hydrogen (secondary N) is 1. The third-order valence-electron chi connectivity index (χ3n) is 4.28. The quantitative estimate of drug-likeness (QED) is 0.127. The number of rotatable bonds is 8. The smallest absolute Gasteiger partial charge is 0.386 e. The summed E-state index contributed by atoms with van der Waals surface area (Å²) >= 11 is 5.08. The van der Waals surface area contributed by atoms with E-state index >= 15 is 4.39 Å². The summed E-state index contributed by atoms with van der Waals surface area (Å²) in [6.07, 6.45) is -4.54. The van der Waals surface area contributed by atoms with Gasteiger partial charge in [-0.3, -0.25) is 9.09 Å². The number of aromatic nitrogens is 4. The Morgan fingerprint density at radius 2 is 1.97 bits per heavy atom. The number of ether oxygens (including phenoxy) is 1. The van der Waals surface area contributed by atoms with Crippen LogP contribution in [0.2, 0.25) is 0 Å². The van der Waals surface area contributed by atoms with E-state index < -0.39 is 54.2 Å². The summed E-state index contributed by atoms with van der Waals surface area (Å²) in [7, 11) is -16.9. The number of aromatic amines is 1. The summed E-state index contributed by atoms with van der Waals surface area (Å²) in [5.41, 5.74) is 2.84. The van der Waals surface area contributed by atoms with Gasteiger partial charge in [-0.25, -0.2) is 23.1 Å². The van der Waals surface area contributed by atoms with Crippen molar-refractivity contribution in [3.05, 3.63) is 11.0 Å². The van der Waals surface area contributed by atoms with Crippen molar-refractivity contribution in [2.24, 2.45) is 0 Å². The number of H-pyrrole nitrogens is 1. The molecule has 17 nitrogen and oxygen atoms in total. The number of nitrogens with zero attached hydrogens (tertiary/aromatic N) is 3. The number of phosphoric acid groups is 3. The molecule has 1 aliphatic rings. The normalized spacial score (nSPS) is 28.3. The number of fused-ring (bicyclic) bond motifs is 1. The Balaban J connectivity index is 1.87. The lowest BCUT2D eigenvalue weighted by molar-refractivity contribution is -0.0496. The molecule has 2 aromatic heterocycles. The first-order valence-corrected chi connectivity index (χ1v) is 13.9. The van der Waals surface area contributed by atoms with Gasteiger partial charge in [0, 0.05) is 0 Å². The summed E-state index contributed by atoms with van der Waals surface area (Å²) in [4.78, 5) is 46.4. The molecule has 8 N–H and O–H groups in total. The maximum atomic E-state index is 15.9. The van der Waals surface area contributed by atoms with E-state index in [-0.39, 0.29) is 21.8 Å². The van der Waals surface area contributed by atoms with Crippen LogP contribution in [0, 0.1) is 16.5 Å². The fourth-order valence-corrected chi connectivity index (χ4v) is 6.35. The van der Waals surface area contributed by atoms with Crippen LogP contribution >= 0.6 is 35.7 Å². The number of imidazole rings is 1. The largest absolute Gasteiger partial charge is 0.490 e. The zero-order valence-electron chi connectivity index (χ0n) is 17.2. The van der Waals surface area contributed by atoms with E-state index in [0.717, 1.165) is 10.9 Å². The van der Waals surface area contributed by atoms with Gasteiger partial charge in [-0.1, -0.05) is 18.1 Å². The Kier molecular flexibility index (Phi) is 7.74. The SMILES string of the molecule is CC#CC1(F)[C@@H](O)[C@@H](COP(=O)(O)OP(=O)(O)OP(=O)(O)O)O[C@H]1n1cnc2c(=S)[nH]c(N)nc21. The van der Waals surface area contributed by atoms with Crippen LogP contribution in [0.1, 0.15) is 13.2 Å². The monoisotopic (exact) mass is 579 g/mol. The molecule has 35 heavy (non-hydrogen) atoms. The van der Waals surface area contributed by atoms with Crippen LogP contribution in [0.4, 0.5) is 10.3 Å². The van der Waals surface area contributed by atoms with E-state index in [9.17, 15) is 28.6 Å². The molecular formula is C13H17FN5O12P3S. The maximum Gasteiger partial charge on any atom is 0.490 e. The van der Waals surface area contributed by atoms with Crippen LogP contribution < -0.4 is 5.73 Å². The Labute approximate surface area is 199 Å². The van der Waals surface area contributed by atoms with Gasteiger partial charge in [-0.2, -0.15) is 13.6 Å². The van der Waals surface area contributed by atoms with Gasteiger partial charge in [-0.05, 0) is 6.92 Å². The highest BCUT2D eigenvalue weighted by Crippen LogP contribution is 2.66. The summed E-state index contributed by atoms with van der Waals surface area (Å²) in [6.45, 7) is 0.143. The zero-order valence-corrected chi connectivity index (χ0v) is 20.7. The number of nitrogens with two attached hydrogens (primary N) is 1. The number of aliphatic hydroxyl groups excluding tert-OH is 1. The maximum absolute atomic E-state index is 15.9. The molecule has 0 aromatic carbocycles. The van der Waals surface area contributed by atoms with Crippen LogP contribution in [0.3, 0.4) is 0 Å². The number of hydrogen-bond donors (Lipinski definition) is 7. The molecule has 3 heterocycles. The van der Waals surface area contributed by atoms with Crippen molar-refractivity contribution < 1.29 is 60.6 Å². The van der Waals surface area contributed by atoms with Crippen molar-refractivity contribution in [3.8, 4) is 11.8 Å². The van der Waals surface area contributed by atoms with Gasteiger partial charge >= 0.3 is 23.5 Å². The van der Waals surface area contributed by atoms with Crippen LogP contribution in [-0.2, 0) is 31.6 Å². The molecule has 0 aliphatic carbocycles. The molecule has 1 fully saturated rings. The highest BCUT2D eigenvalue weighted by Gasteiger charge is 2.58. The lowest BCUT2D eigenvalue weighted by Crippen LogP contribution is -2.42. The van der Waals surface area contributed by atoms with Crippen molar-refractivity contribution >= 4 is 52.8 Å². The Hall–Kier alpha value is -1.61. The van der Waals surface area contributed by atoms with E-state index in [4.69, 9.17) is 32.5 Å². The standard InChI is InChI=1S/C13H17FN5O12P3S/c1-2-3-13(14)8(20)6(4-28-33(24,25)31-34(26,27)30-32(21,22)23)29-11(13)19-5-16-7-9(19)17-12(15)18-10(7)35/h5-6,8,11,20H,4H2,1H3,(H,24,25)(H,26,27)(H2,21,22,23)(H3,15,17,18,35)/t6-,8+,11-,13?/m1/s1. The molecule has 0 bridgehead atoms. The molecule has 194 valence electrons. The summed E-state index contributed by atoms with van der Waals surface area (Å²) in [5, 5.41) is 10.5. The Morgan fingerprint density at radius 3 is 2.57 bits per heavy atom. The number of nitrogen functional groups attached to an aromatic ring is 1. The summed E-state index contributed by atoms with van der Waals surface area (Å²) < 4.78 is 68.1. The Morgan fingerprint density at radius 1 is 1.31 bits per heavy atom. The second-order valence-electron chi connectivity index (χ2n) is 6.78. The number of alkyl halides is 1. The average Bonchev–Trinajstić information content (AvgIpc) is 3.17. The lowest BCUT2D eigenvalue weighted by atomic mass is 9.96. The molecular weight excluding hydrogens is 562 g/mol. The minimum atomic E-state index is -5.78. The topological polar surface area (TPSA) is 262 Å². The lowest BCUT2D eigenvalue weighted by Gasteiger charge is -2.23. The average molecular weight is 579 g/mol. The van der Waals surface area contributed by atoms with E-state index in [1.807, 2.05) is 0 Å². The molecule has 3 unspecified atom stereocenters. The Bertz CT molecular complexity index is 1400. The number of hydrogen-bond acceptors (Lipinski definition) is 12. The predicted molar refractivity (Wildman–Crippen MR) is 114 cm³/mol. The van der Waals surface area contributed by atoms with Gasteiger partial charge in [0.15, 0.2) is 11.9 Å². The molecule has 6 atom stereocenters. The van der Waals surface area contributed by atoms with E-state index in [0.29, 0.717) is 0 Å². The molecule has 3 rings (SSSR count). The van der Waals surface area contributed by atoms with Crippen molar-refractivity contribution in [1.82, 2.24) is 19.5 Å². The van der Waals surface area contributed by atoms with Gasteiger partial charge in [0.1, 0.15) is 22.4 Å². The van der Waals surface area contributed by atoms with Gasteiger partial charge < -0.3 is 40.1 Å². The van der Waals surface area contributed by atoms with Crippen LogP contribution in [0.15, 0.2) is 6.33 Å². The number of anilines is 1. The minimum absolute atomic E-state index is 0.0445. The van der Waals surface area contributed by atoms with Gasteiger partial charge in [-0.15, -0.1) is 5.92 Å². The van der Waals surface area contributed by atoms with Gasteiger partial charge in [0.25, 0.3) is 0 Å². The van der Waals surface area contributed by atoms with Crippen LogP contribution in [0.25, 0.3) is 11.2 Å². The van der Waals surface area contributed by atoms with Gasteiger partial charge in [0.05, 0.1) is 12.9 Å². The van der Waals surface area contributed by atoms with Crippen LogP contribution in [0.5, 0.6) is 0 Å².